The van der Waals surface area contributed by atoms with Crippen LogP contribution in [0.15, 0.2) is 30.3 Å². The minimum atomic E-state index is -1.75. The van der Waals surface area contributed by atoms with Crippen molar-refractivity contribution in [2.45, 2.75) is 25.2 Å². The lowest BCUT2D eigenvalue weighted by Gasteiger charge is -2.11. The zero-order chi connectivity index (χ0) is 9.68. The molecule has 1 aromatic rings. The van der Waals surface area contributed by atoms with Crippen LogP contribution < -0.4 is 5.73 Å². The Kier molecular flexibility index (Phi) is 3.86. The molecule has 1 aromatic carbocycles. The van der Waals surface area contributed by atoms with Crippen LogP contribution in [0.1, 0.15) is 24.4 Å². The minimum absolute atomic E-state index is 0.0933. The number of rotatable bonds is 4. The van der Waals surface area contributed by atoms with Crippen LogP contribution in [-0.2, 0) is 0 Å². The third-order valence-corrected chi connectivity index (χ3v) is 1.94. The smallest absolute Gasteiger partial charge is 0.196 e. The summed E-state index contributed by atoms with van der Waals surface area (Å²) in [5, 5.41) is 8.43. The van der Waals surface area contributed by atoms with Gasteiger partial charge in [0.05, 0.1) is 0 Å². The normalized spacial score (nSPS) is 15.3. The summed E-state index contributed by atoms with van der Waals surface area (Å²) in [5.74, 6) is 0. The maximum Gasteiger partial charge on any atom is 0.196 e. The van der Waals surface area contributed by atoms with Gasteiger partial charge in [0.2, 0.25) is 0 Å². The first kappa shape index (κ1) is 10.2. The lowest BCUT2D eigenvalue weighted by Crippen LogP contribution is -2.12. The number of aliphatic hydroxyl groups is 1. The van der Waals surface area contributed by atoms with Crippen LogP contribution in [-0.4, -0.2) is 11.5 Å². The van der Waals surface area contributed by atoms with Gasteiger partial charge in [0.15, 0.2) is 6.36 Å². The molecule has 0 aromatic heterocycles. The molecule has 0 amide bonds. The molecule has 3 N–H and O–H groups in total. The largest absolute Gasteiger partial charge is 0.364 e. The van der Waals surface area contributed by atoms with Crippen molar-refractivity contribution in [3.05, 3.63) is 35.9 Å². The van der Waals surface area contributed by atoms with Crippen molar-refractivity contribution in [1.82, 2.24) is 0 Å². The molecule has 2 nitrogen and oxygen atoms in total. The Morgan fingerprint density at radius 3 is 2.38 bits per heavy atom. The molecule has 13 heavy (non-hydrogen) atoms. The molecule has 3 heteroatoms. The molecule has 2 atom stereocenters. The van der Waals surface area contributed by atoms with E-state index in [2.05, 4.69) is 0 Å². The number of benzene rings is 1. The number of hydrogen-bond acceptors (Lipinski definition) is 2. The Morgan fingerprint density at radius 2 is 1.85 bits per heavy atom. The summed E-state index contributed by atoms with van der Waals surface area (Å²) in [4.78, 5) is 0. The highest BCUT2D eigenvalue weighted by molar-refractivity contribution is 5.18. The summed E-state index contributed by atoms with van der Waals surface area (Å²) in [5.41, 5.74) is 6.74. The van der Waals surface area contributed by atoms with Crippen molar-refractivity contribution in [3.8, 4) is 0 Å². The standard InChI is InChI=1S/C10H14FNO/c11-10(13)7-6-9(12)8-4-2-1-3-5-8/h1-5,9-10,13H,6-7,12H2. The number of nitrogens with two attached hydrogens (primary N) is 1. The fourth-order valence-electron chi connectivity index (χ4n) is 1.18. The maximum absolute atomic E-state index is 12.1. The predicted molar refractivity (Wildman–Crippen MR) is 49.7 cm³/mol. The summed E-state index contributed by atoms with van der Waals surface area (Å²) < 4.78 is 12.1. The van der Waals surface area contributed by atoms with E-state index in [1.165, 1.54) is 0 Å². The zero-order valence-electron chi connectivity index (χ0n) is 7.36. The van der Waals surface area contributed by atoms with E-state index < -0.39 is 6.36 Å². The second-order valence-electron chi connectivity index (χ2n) is 3.03. The molecule has 0 radical (unpaired) electrons. The molecule has 2 unspecified atom stereocenters. The molecule has 0 aliphatic heterocycles. The van der Waals surface area contributed by atoms with Crippen LogP contribution in [0, 0.1) is 0 Å². The molecular formula is C10H14FNO. The van der Waals surface area contributed by atoms with Crippen molar-refractivity contribution in [3.63, 3.8) is 0 Å². The maximum atomic E-state index is 12.1. The predicted octanol–water partition coefficient (Wildman–Crippen LogP) is 1.75. The van der Waals surface area contributed by atoms with Crippen LogP contribution in [0.25, 0.3) is 0 Å². The second kappa shape index (κ2) is 4.94. The van der Waals surface area contributed by atoms with Gasteiger partial charge in [0, 0.05) is 12.5 Å². The molecule has 0 spiro atoms. The number of alkyl halides is 1. The first-order chi connectivity index (χ1) is 6.20. The summed E-state index contributed by atoms with van der Waals surface area (Å²) in [7, 11) is 0. The Morgan fingerprint density at radius 1 is 1.23 bits per heavy atom. The van der Waals surface area contributed by atoms with E-state index in [1.807, 2.05) is 30.3 Å². The van der Waals surface area contributed by atoms with Crippen LogP contribution in [0.3, 0.4) is 0 Å². The summed E-state index contributed by atoms with van der Waals surface area (Å²) in [6, 6.07) is 9.29. The van der Waals surface area contributed by atoms with Crippen molar-refractivity contribution in [2.75, 3.05) is 0 Å². The first-order valence-electron chi connectivity index (χ1n) is 4.33. The molecule has 0 saturated carbocycles. The van der Waals surface area contributed by atoms with Gasteiger partial charge in [-0.25, -0.2) is 4.39 Å². The van der Waals surface area contributed by atoms with E-state index in [4.69, 9.17) is 10.8 Å². The van der Waals surface area contributed by atoms with Crippen molar-refractivity contribution >= 4 is 0 Å². The van der Waals surface area contributed by atoms with Crippen LogP contribution in [0.2, 0.25) is 0 Å². The van der Waals surface area contributed by atoms with Gasteiger partial charge in [-0.15, -0.1) is 0 Å². The molecule has 72 valence electrons. The topological polar surface area (TPSA) is 46.2 Å². The van der Waals surface area contributed by atoms with Gasteiger partial charge in [-0.2, -0.15) is 0 Å². The highest BCUT2D eigenvalue weighted by atomic mass is 19.1. The fraction of sp³-hybridized carbons (Fsp3) is 0.400. The molecule has 0 bridgehead atoms. The number of hydrogen-bond donors (Lipinski definition) is 2. The van der Waals surface area contributed by atoms with E-state index in [0.717, 1.165) is 5.56 Å². The average Bonchev–Trinajstić information content (AvgIpc) is 2.15. The molecule has 0 heterocycles. The van der Waals surface area contributed by atoms with Crippen molar-refractivity contribution in [1.29, 1.82) is 0 Å². The van der Waals surface area contributed by atoms with E-state index in [0.29, 0.717) is 6.42 Å². The van der Waals surface area contributed by atoms with E-state index in [1.54, 1.807) is 0 Å². The van der Waals surface area contributed by atoms with Gasteiger partial charge in [0.1, 0.15) is 0 Å². The highest BCUT2D eigenvalue weighted by Crippen LogP contribution is 2.16. The monoisotopic (exact) mass is 183 g/mol. The Labute approximate surface area is 77.2 Å². The van der Waals surface area contributed by atoms with Gasteiger partial charge in [-0.05, 0) is 12.0 Å². The summed E-state index contributed by atoms with van der Waals surface area (Å²) >= 11 is 0. The zero-order valence-corrected chi connectivity index (χ0v) is 7.36. The van der Waals surface area contributed by atoms with Crippen molar-refractivity contribution < 1.29 is 9.50 Å². The Bertz CT molecular complexity index is 238. The summed E-state index contributed by atoms with van der Waals surface area (Å²) in [6.45, 7) is 0. The van der Waals surface area contributed by atoms with E-state index in [-0.39, 0.29) is 12.5 Å². The van der Waals surface area contributed by atoms with Gasteiger partial charge >= 0.3 is 0 Å². The second-order valence-corrected chi connectivity index (χ2v) is 3.03. The Hall–Kier alpha value is -0.930. The van der Waals surface area contributed by atoms with Crippen LogP contribution in [0.5, 0.6) is 0 Å². The molecule has 0 aliphatic rings. The number of aliphatic hydroxyl groups excluding tert-OH is 1. The molecule has 0 aliphatic carbocycles. The SMILES string of the molecule is NC(CCC(O)F)c1ccccc1. The number of halogens is 1. The fourth-order valence-corrected chi connectivity index (χ4v) is 1.18. The van der Waals surface area contributed by atoms with Crippen LogP contribution in [0.4, 0.5) is 4.39 Å². The Balaban J connectivity index is 2.44. The van der Waals surface area contributed by atoms with Gasteiger partial charge in [0.25, 0.3) is 0 Å². The summed E-state index contributed by atoms with van der Waals surface area (Å²) in [6.07, 6.45) is -1.20. The van der Waals surface area contributed by atoms with Crippen LogP contribution >= 0.6 is 0 Å². The molecular weight excluding hydrogens is 169 g/mol. The third kappa shape index (κ3) is 3.53. The van der Waals surface area contributed by atoms with Crippen molar-refractivity contribution in [2.24, 2.45) is 5.73 Å². The minimum Gasteiger partial charge on any atom is -0.364 e. The van der Waals surface area contributed by atoms with Gasteiger partial charge < -0.3 is 10.8 Å². The molecule has 1 rings (SSSR count). The average molecular weight is 183 g/mol. The first-order valence-corrected chi connectivity index (χ1v) is 4.33. The quantitative estimate of drug-likeness (QED) is 0.747. The van der Waals surface area contributed by atoms with Gasteiger partial charge in [-0.1, -0.05) is 30.3 Å². The van der Waals surface area contributed by atoms with E-state index in [9.17, 15) is 4.39 Å². The van der Waals surface area contributed by atoms with Gasteiger partial charge in [-0.3, -0.25) is 0 Å². The lowest BCUT2D eigenvalue weighted by atomic mass is 10.0. The lowest BCUT2D eigenvalue weighted by molar-refractivity contribution is 0.0313. The van der Waals surface area contributed by atoms with E-state index >= 15 is 0 Å². The highest BCUT2D eigenvalue weighted by Gasteiger charge is 2.07. The third-order valence-electron chi connectivity index (χ3n) is 1.94. The molecule has 0 saturated heterocycles. The molecule has 0 fully saturated rings.